The predicted octanol–water partition coefficient (Wildman–Crippen LogP) is 3.87. The van der Waals surface area contributed by atoms with Gasteiger partial charge in [0.25, 0.3) is 0 Å². The minimum absolute atomic E-state index is 0.140. The van der Waals surface area contributed by atoms with Gasteiger partial charge in [-0.15, -0.1) is 0 Å². The first-order valence-corrected chi connectivity index (χ1v) is 8.57. The molecule has 0 spiro atoms. The van der Waals surface area contributed by atoms with E-state index in [1.807, 2.05) is 44.4 Å². The Kier molecular flexibility index (Phi) is 5.33. The van der Waals surface area contributed by atoms with Gasteiger partial charge in [0.1, 0.15) is 0 Å². The quantitative estimate of drug-likeness (QED) is 0.856. The number of nitrogens with zero attached hydrogens (tertiary/aromatic N) is 2. The summed E-state index contributed by atoms with van der Waals surface area (Å²) in [6, 6.07) is 18.5. The molecular formula is C19H23N3OS. The average Bonchev–Trinajstić information content (AvgIpc) is 2.62. The normalized spacial score (nSPS) is 17.4. The second kappa shape index (κ2) is 7.64. The molecule has 4 nitrogen and oxygen atoms in total. The fourth-order valence-corrected chi connectivity index (χ4v) is 3.08. The maximum absolute atomic E-state index is 6.02. The zero-order valence-corrected chi connectivity index (χ0v) is 14.9. The summed E-state index contributed by atoms with van der Waals surface area (Å²) in [5.41, 5.74) is 3.29. The summed E-state index contributed by atoms with van der Waals surface area (Å²) in [6.45, 7) is 1.64. The summed E-state index contributed by atoms with van der Waals surface area (Å²) in [5, 5.41) is 4.01. The number of rotatable bonds is 3. The summed E-state index contributed by atoms with van der Waals surface area (Å²) in [7, 11) is 4.08. The molecule has 0 amide bonds. The standard InChI is InChI=1S/C19H23N3OS/c1-21(2)17-11-9-15(10-12-17)18-22(13-6-14-23-18)19(24)20-16-7-4-3-5-8-16/h3-5,7-12,18H,6,13-14H2,1-2H3,(H,20,24). The number of thiocarbonyl (C=S) groups is 1. The highest BCUT2D eigenvalue weighted by atomic mass is 32.1. The second-order valence-corrected chi connectivity index (χ2v) is 6.44. The third-order valence-electron chi connectivity index (χ3n) is 4.08. The maximum atomic E-state index is 6.02. The van der Waals surface area contributed by atoms with E-state index in [0.29, 0.717) is 5.11 Å². The van der Waals surface area contributed by atoms with Gasteiger partial charge >= 0.3 is 0 Å². The van der Waals surface area contributed by atoms with E-state index in [1.54, 1.807) is 0 Å². The van der Waals surface area contributed by atoms with E-state index in [0.717, 1.165) is 30.8 Å². The molecule has 2 aromatic carbocycles. The van der Waals surface area contributed by atoms with E-state index in [-0.39, 0.29) is 6.23 Å². The lowest BCUT2D eigenvalue weighted by Gasteiger charge is -2.37. The lowest BCUT2D eigenvalue weighted by Crippen LogP contribution is -2.43. The van der Waals surface area contributed by atoms with E-state index < -0.39 is 0 Å². The number of hydrogen-bond acceptors (Lipinski definition) is 3. The molecular weight excluding hydrogens is 318 g/mol. The first kappa shape index (κ1) is 16.7. The Labute approximate surface area is 149 Å². The smallest absolute Gasteiger partial charge is 0.175 e. The van der Waals surface area contributed by atoms with E-state index in [2.05, 4.69) is 39.4 Å². The molecule has 1 aliphatic heterocycles. The first-order chi connectivity index (χ1) is 11.6. The minimum Gasteiger partial charge on any atom is -0.378 e. The van der Waals surface area contributed by atoms with Gasteiger partial charge < -0.3 is 19.9 Å². The van der Waals surface area contributed by atoms with Crippen LogP contribution in [-0.4, -0.2) is 37.3 Å². The molecule has 0 bridgehead atoms. The first-order valence-electron chi connectivity index (χ1n) is 8.17. The highest BCUT2D eigenvalue weighted by Crippen LogP contribution is 2.28. The molecule has 0 aromatic heterocycles. The molecule has 1 saturated heterocycles. The van der Waals surface area contributed by atoms with Crippen molar-refractivity contribution in [1.82, 2.24) is 4.90 Å². The molecule has 1 fully saturated rings. The van der Waals surface area contributed by atoms with E-state index in [4.69, 9.17) is 17.0 Å². The molecule has 0 aliphatic carbocycles. The van der Waals surface area contributed by atoms with Gasteiger partial charge in [-0.05, 0) is 42.9 Å². The van der Waals surface area contributed by atoms with Crippen LogP contribution in [-0.2, 0) is 4.74 Å². The Hall–Kier alpha value is -2.11. The zero-order valence-electron chi connectivity index (χ0n) is 14.1. The van der Waals surface area contributed by atoms with Gasteiger partial charge in [0, 0.05) is 37.6 Å². The van der Waals surface area contributed by atoms with Crippen molar-refractivity contribution in [3.05, 3.63) is 60.2 Å². The van der Waals surface area contributed by atoms with Gasteiger partial charge in [-0.3, -0.25) is 0 Å². The van der Waals surface area contributed by atoms with Crippen LogP contribution in [0, 0.1) is 0 Å². The van der Waals surface area contributed by atoms with Crippen molar-refractivity contribution >= 4 is 28.7 Å². The molecule has 1 atom stereocenters. The Morgan fingerprint density at radius 3 is 2.50 bits per heavy atom. The fraction of sp³-hybridized carbons (Fsp3) is 0.316. The number of para-hydroxylation sites is 1. The van der Waals surface area contributed by atoms with Crippen molar-refractivity contribution in [2.45, 2.75) is 12.6 Å². The maximum Gasteiger partial charge on any atom is 0.175 e. The molecule has 5 heteroatoms. The second-order valence-electron chi connectivity index (χ2n) is 6.05. The zero-order chi connectivity index (χ0) is 16.9. The van der Waals surface area contributed by atoms with Crippen molar-refractivity contribution in [3.8, 4) is 0 Å². The topological polar surface area (TPSA) is 27.7 Å². The molecule has 24 heavy (non-hydrogen) atoms. The van der Waals surface area contributed by atoms with E-state index in [1.165, 1.54) is 5.69 Å². The van der Waals surface area contributed by atoms with Crippen LogP contribution in [0.5, 0.6) is 0 Å². The molecule has 0 radical (unpaired) electrons. The number of ether oxygens (including phenoxy) is 1. The highest BCUT2D eigenvalue weighted by Gasteiger charge is 2.26. The lowest BCUT2D eigenvalue weighted by molar-refractivity contribution is -0.0625. The highest BCUT2D eigenvalue weighted by molar-refractivity contribution is 7.80. The Bertz CT molecular complexity index is 673. The van der Waals surface area contributed by atoms with Gasteiger partial charge in [0.05, 0.1) is 6.61 Å². The summed E-state index contributed by atoms with van der Waals surface area (Å²) in [4.78, 5) is 4.21. The van der Waals surface area contributed by atoms with Crippen molar-refractivity contribution in [2.75, 3.05) is 37.5 Å². The SMILES string of the molecule is CN(C)c1ccc(C2OCCCN2C(=S)Nc2ccccc2)cc1. The third kappa shape index (κ3) is 3.86. The van der Waals surface area contributed by atoms with Crippen LogP contribution < -0.4 is 10.2 Å². The van der Waals surface area contributed by atoms with E-state index in [9.17, 15) is 0 Å². The molecule has 1 aliphatic rings. The van der Waals surface area contributed by atoms with E-state index >= 15 is 0 Å². The van der Waals surface area contributed by atoms with Crippen LogP contribution in [0.4, 0.5) is 11.4 Å². The molecule has 1 unspecified atom stereocenters. The van der Waals surface area contributed by atoms with Crippen LogP contribution in [0.2, 0.25) is 0 Å². The minimum atomic E-state index is -0.140. The molecule has 3 rings (SSSR count). The van der Waals surface area contributed by atoms with Crippen molar-refractivity contribution < 1.29 is 4.74 Å². The van der Waals surface area contributed by atoms with Crippen LogP contribution in [0.25, 0.3) is 0 Å². The summed E-state index contributed by atoms with van der Waals surface area (Å²) >= 11 is 5.63. The van der Waals surface area contributed by atoms with Crippen LogP contribution in [0.15, 0.2) is 54.6 Å². The van der Waals surface area contributed by atoms with Crippen LogP contribution >= 0.6 is 12.2 Å². The van der Waals surface area contributed by atoms with Gasteiger partial charge in [-0.25, -0.2) is 0 Å². The van der Waals surface area contributed by atoms with Crippen LogP contribution in [0.1, 0.15) is 18.2 Å². The fourth-order valence-electron chi connectivity index (χ4n) is 2.78. The van der Waals surface area contributed by atoms with Gasteiger partial charge in [0.15, 0.2) is 11.3 Å². The number of benzene rings is 2. The molecule has 0 saturated carbocycles. The molecule has 1 N–H and O–H groups in total. The molecule has 1 heterocycles. The lowest BCUT2D eigenvalue weighted by atomic mass is 10.1. The van der Waals surface area contributed by atoms with Gasteiger partial charge in [-0.1, -0.05) is 30.3 Å². The summed E-state index contributed by atoms with van der Waals surface area (Å²) in [5.74, 6) is 0. The number of anilines is 2. The Morgan fingerprint density at radius 2 is 1.83 bits per heavy atom. The largest absolute Gasteiger partial charge is 0.378 e. The number of nitrogens with one attached hydrogen (secondary N) is 1. The van der Waals surface area contributed by atoms with Gasteiger partial charge in [0.2, 0.25) is 0 Å². The predicted molar refractivity (Wildman–Crippen MR) is 103 cm³/mol. The number of hydrogen-bond donors (Lipinski definition) is 1. The molecule has 126 valence electrons. The summed E-state index contributed by atoms with van der Waals surface area (Å²) in [6.07, 6.45) is 0.835. The summed E-state index contributed by atoms with van der Waals surface area (Å²) < 4.78 is 6.02. The van der Waals surface area contributed by atoms with Gasteiger partial charge in [-0.2, -0.15) is 0 Å². The Balaban J connectivity index is 1.76. The van der Waals surface area contributed by atoms with Crippen molar-refractivity contribution in [2.24, 2.45) is 0 Å². The van der Waals surface area contributed by atoms with Crippen molar-refractivity contribution in [1.29, 1.82) is 0 Å². The van der Waals surface area contributed by atoms with Crippen molar-refractivity contribution in [3.63, 3.8) is 0 Å². The molecule has 2 aromatic rings. The Morgan fingerprint density at radius 1 is 1.12 bits per heavy atom. The van der Waals surface area contributed by atoms with Crippen LogP contribution in [0.3, 0.4) is 0 Å². The average molecular weight is 341 g/mol. The monoisotopic (exact) mass is 341 g/mol. The third-order valence-corrected chi connectivity index (χ3v) is 4.42.